The van der Waals surface area contributed by atoms with Crippen LogP contribution in [0.4, 0.5) is 0 Å². The van der Waals surface area contributed by atoms with Crippen molar-refractivity contribution >= 4 is 0 Å². The topological polar surface area (TPSA) is 56.7 Å². The summed E-state index contributed by atoms with van der Waals surface area (Å²) in [5, 5.41) is 8.29. The Hall–Kier alpha value is -1.68. The second-order valence-electron chi connectivity index (χ2n) is 4.53. The summed E-state index contributed by atoms with van der Waals surface area (Å²) >= 11 is 0. The van der Waals surface area contributed by atoms with Gasteiger partial charge in [0.1, 0.15) is 12.2 Å². The molecule has 2 aromatic rings. The van der Waals surface area contributed by atoms with Gasteiger partial charge in [0.2, 0.25) is 0 Å². The lowest BCUT2D eigenvalue weighted by atomic mass is 9.98. The molecule has 1 saturated carbocycles. The maximum atomic E-state index is 5.90. The van der Waals surface area contributed by atoms with E-state index in [1.54, 1.807) is 0 Å². The van der Waals surface area contributed by atoms with Crippen molar-refractivity contribution in [1.82, 2.24) is 14.8 Å². The summed E-state index contributed by atoms with van der Waals surface area (Å²) in [6, 6.07) is 10.9. The average Bonchev–Trinajstić information content (AvgIpc) is 3.12. The maximum Gasteiger partial charge on any atom is 0.141 e. The van der Waals surface area contributed by atoms with Gasteiger partial charge in [0.25, 0.3) is 0 Å². The van der Waals surface area contributed by atoms with Gasteiger partial charge in [-0.15, -0.1) is 10.2 Å². The van der Waals surface area contributed by atoms with Crippen LogP contribution in [0.1, 0.15) is 36.2 Å². The second kappa shape index (κ2) is 4.30. The van der Waals surface area contributed by atoms with Gasteiger partial charge in [0.05, 0.1) is 5.92 Å². The van der Waals surface area contributed by atoms with E-state index >= 15 is 0 Å². The van der Waals surface area contributed by atoms with Gasteiger partial charge >= 0.3 is 0 Å². The fraction of sp³-hybridized carbons (Fsp3) is 0.385. The van der Waals surface area contributed by atoms with Crippen molar-refractivity contribution in [1.29, 1.82) is 0 Å². The lowest BCUT2D eigenvalue weighted by Crippen LogP contribution is -2.18. The molecule has 0 amide bonds. The lowest BCUT2D eigenvalue weighted by molar-refractivity contribution is 0.635. The molecule has 88 valence electrons. The average molecular weight is 228 g/mol. The van der Waals surface area contributed by atoms with Crippen LogP contribution >= 0.6 is 0 Å². The van der Waals surface area contributed by atoms with Gasteiger partial charge in [0, 0.05) is 12.6 Å². The Balaban J connectivity index is 1.97. The van der Waals surface area contributed by atoms with E-state index in [1.807, 2.05) is 24.5 Å². The van der Waals surface area contributed by atoms with Gasteiger partial charge in [-0.25, -0.2) is 0 Å². The molecule has 0 saturated heterocycles. The fourth-order valence-corrected chi connectivity index (χ4v) is 2.21. The zero-order valence-corrected chi connectivity index (χ0v) is 9.66. The minimum absolute atomic E-state index is 0.152. The third-order valence-electron chi connectivity index (χ3n) is 3.29. The lowest BCUT2D eigenvalue weighted by Gasteiger charge is -2.15. The number of hydrogen-bond donors (Lipinski definition) is 1. The SMILES string of the molecule is NCC(c1ccccc1)c1nncn1C1CC1. The highest BCUT2D eigenvalue weighted by Crippen LogP contribution is 2.37. The third kappa shape index (κ3) is 1.96. The molecule has 1 fully saturated rings. The number of aromatic nitrogens is 3. The van der Waals surface area contributed by atoms with E-state index in [0.717, 1.165) is 5.82 Å². The van der Waals surface area contributed by atoms with Gasteiger partial charge in [-0.3, -0.25) is 0 Å². The van der Waals surface area contributed by atoms with Crippen LogP contribution in [0.25, 0.3) is 0 Å². The molecule has 0 spiro atoms. The summed E-state index contributed by atoms with van der Waals surface area (Å²) in [7, 11) is 0. The first-order chi connectivity index (χ1) is 8.40. The molecular formula is C13H16N4. The van der Waals surface area contributed by atoms with Crippen LogP contribution in [0.15, 0.2) is 36.7 Å². The number of rotatable bonds is 4. The summed E-state index contributed by atoms with van der Waals surface area (Å²) < 4.78 is 2.19. The summed E-state index contributed by atoms with van der Waals surface area (Å²) in [6.45, 7) is 0.565. The van der Waals surface area contributed by atoms with E-state index in [4.69, 9.17) is 5.73 Å². The Morgan fingerprint density at radius 3 is 2.71 bits per heavy atom. The Labute approximate surface area is 100 Å². The van der Waals surface area contributed by atoms with Crippen LogP contribution in [-0.2, 0) is 0 Å². The molecule has 1 aliphatic rings. The molecular weight excluding hydrogens is 212 g/mol. The smallest absolute Gasteiger partial charge is 0.141 e. The first-order valence-electron chi connectivity index (χ1n) is 6.04. The Bertz CT molecular complexity index is 487. The molecule has 1 aromatic carbocycles. The van der Waals surface area contributed by atoms with Crippen LogP contribution in [-0.4, -0.2) is 21.3 Å². The van der Waals surface area contributed by atoms with Crippen LogP contribution in [0.2, 0.25) is 0 Å². The molecule has 0 aliphatic heterocycles. The second-order valence-corrected chi connectivity index (χ2v) is 4.53. The molecule has 1 aromatic heterocycles. The summed E-state index contributed by atoms with van der Waals surface area (Å²) in [4.78, 5) is 0. The van der Waals surface area contributed by atoms with Crippen molar-refractivity contribution in [2.24, 2.45) is 5.73 Å². The van der Waals surface area contributed by atoms with E-state index in [9.17, 15) is 0 Å². The largest absolute Gasteiger partial charge is 0.329 e. The van der Waals surface area contributed by atoms with Crippen LogP contribution in [0.3, 0.4) is 0 Å². The number of hydrogen-bond acceptors (Lipinski definition) is 3. The Kier molecular flexibility index (Phi) is 2.65. The van der Waals surface area contributed by atoms with Crippen molar-refractivity contribution in [2.45, 2.75) is 24.8 Å². The molecule has 2 N–H and O–H groups in total. The van der Waals surface area contributed by atoms with Crippen molar-refractivity contribution in [2.75, 3.05) is 6.54 Å². The molecule has 0 radical (unpaired) electrons. The minimum atomic E-state index is 0.152. The predicted octanol–water partition coefficient (Wildman–Crippen LogP) is 1.70. The van der Waals surface area contributed by atoms with E-state index in [1.165, 1.54) is 18.4 Å². The summed E-state index contributed by atoms with van der Waals surface area (Å²) in [6.07, 6.45) is 4.30. The van der Waals surface area contributed by atoms with E-state index in [2.05, 4.69) is 26.9 Å². The number of benzene rings is 1. The monoisotopic (exact) mass is 228 g/mol. The van der Waals surface area contributed by atoms with Crippen LogP contribution in [0.5, 0.6) is 0 Å². The highest BCUT2D eigenvalue weighted by atomic mass is 15.3. The molecule has 4 heteroatoms. The van der Waals surface area contributed by atoms with Crippen LogP contribution in [0, 0.1) is 0 Å². The van der Waals surface area contributed by atoms with Gasteiger partial charge in [0.15, 0.2) is 0 Å². The zero-order chi connectivity index (χ0) is 11.7. The van der Waals surface area contributed by atoms with Gasteiger partial charge in [-0.2, -0.15) is 0 Å². The fourth-order valence-electron chi connectivity index (χ4n) is 2.21. The molecule has 1 aliphatic carbocycles. The number of nitrogens with two attached hydrogens (primary N) is 1. The molecule has 0 bridgehead atoms. The maximum absolute atomic E-state index is 5.90. The Morgan fingerprint density at radius 2 is 2.06 bits per heavy atom. The molecule has 1 heterocycles. The van der Waals surface area contributed by atoms with Crippen molar-refractivity contribution in [3.05, 3.63) is 48.0 Å². The van der Waals surface area contributed by atoms with Gasteiger partial charge in [-0.1, -0.05) is 30.3 Å². The normalized spacial score (nSPS) is 17.0. The van der Waals surface area contributed by atoms with Crippen molar-refractivity contribution in [3.8, 4) is 0 Å². The molecule has 1 unspecified atom stereocenters. The first-order valence-corrected chi connectivity index (χ1v) is 6.04. The van der Waals surface area contributed by atoms with E-state index in [0.29, 0.717) is 12.6 Å². The third-order valence-corrected chi connectivity index (χ3v) is 3.29. The first kappa shape index (κ1) is 10.5. The van der Waals surface area contributed by atoms with Crippen molar-refractivity contribution in [3.63, 3.8) is 0 Å². The zero-order valence-electron chi connectivity index (χ0n) is 9.66. The van der Waals surface area contributed by atoms with E-state index < -0.39 is 0 Å². The van der Waals surface area contributed by atoms with Crippen LogP contribution < -0.4 is 5.73 Å². The minimum Gasteiger partial charge on any atom is -0.329 e. The van der Waals surface area contributed by atoms with Gasteiger partial charge in [-0.05, 0) is 18.4 Å². The summed E-state index contributed by atoms with van der Waals surface area (Å²) in [5.41, 5.74) is 7.12. The summed E-state index contributed by atoms with van der Waals surface area (Å²) in [5.74, 6) is 1.15. The molecule has 3 rings (SSSR count). The van der Waals surface area contributed by atoms with Gasteiger partial charge < -0.3 is 10.3 Å². The quantitative estimate of drug-likeness (QED) is 0.866. The molecule has 1 atom stereocenters. The molecule has 4 nitrogen and oxygen atoms in total. The number of nitrogens with zero attached hydrogens (tertiary/aromatic N) is 3. The predicted molar refractivity (Wildman–Crippen MR) is 65.6 cm³/mol. The highest BCUT2D eigenvalue weighted by molar-refractivity contribution is 5.26. The standard InChI is InChI=1S/C13H16N4/c14-8-12(10-4-2-1-3-5-10)13-16-15-9-17(13)11-6-7-11/h1-5,9,11-12H,6-8,14H2. The van der Waals surface area contributed by atoms with Crippen molar-refractivity contribution < 1.29 is 0 Å². The Morgan fingerprint density at radius 1 is 1.29 bits per heavy atom. The molecule has 17 heavy (non-hydrogen) atoms. The highest BCUT2D eigenvalue weighted by Gasteiger charge is 2.29. The van der Waals surface area contributed by atoms with E-state index in [-0.39, 0.29) is 5.92 Å².